The topological polar surface area (TPSA) is 94.1 Å². The molecular formula is C26H31N5O2. The van der Waals surface area contributed by atoms with Gasteiger partial charge in [0.2, 0.25) is 5.91 Å². The lowest BCUT2D eigenvalue weighted by Gasteiger charge is -2.55. The van der Waals surface area contributed by atoms with Crippen LogP contribution in [0.2, 0.25) is 0 Å². The first-order valence-corrected chi connectivity index (χ1v) is 11.5. The number of carbonyl (C=O) groups excluding carboxylic acids is 1. The molecule has 172 valence electrons. The third kappa shape index (κ3) is 3.56. The summed E-state index contributed by atoms with van der Waals surface area (Å²) >= 11 is 0. The first-order chi connectivity index (χ1) is 15.7. The van der Waals surface area contributed by atoms with Crippen molar-refractivity contribution in [1.82, 2.24) is 25.4 Å². The van der Waals surface area contributed by atoms with Crippen LogP contribution >= 0.6 is 0 Å². The number of nitrogens with one attached hydrogen (secondary N) is 2. The van der Waals surface area contributed by atoms with Gasteiger partial charge in [-0.25, -0.2) is 0 Å². The highest BCUT2D eigenvalue weighted by atomic mass is 16.3. The molecule has 3 N–H and O–H groups in total. The zero-order valence-electron chi connectivity index (χ0n) is 19.6. The molecule has 2 aromatic heterocycles. The van der Waals surface area contributed by atoms with E-state index in [0.717, 1.165) is 41.2 Å². The van der Waals surface area contributed by atoms with Crippen molar-refractivity contribution in [2.24, 2.45) is 5.41 Å². The van der Waals surface area contributed by atoms with E-state index >= 15 is 0 Å². The van der Waals surface area contributed by atoms with Crippen molar-refractivity contribution in [3.8, 4) is 11.3 Å². The minimum atomic E-state index is -1.20. The summed E-state index contributed by atoms with van der Waals surface area (Å²) in [6.07, 6.45) is 4.00. The summed E-state index contributed by atoms with van der Waals surface area (Å²) in [4.78, 5) is 18.0. The molecule has 7 nitrogen and oxygen atoms in total. The lowest BCUT2D eigenvalue weighted by atomic mass is 9.62. The van der Waals surface area contributed by atoms with Gasteiger partial charge in [-0.05, 0) is 36.2 Å². The Bertz CT molecular complexity index is 1170. The molecule has 2 fully saturated rings. The lowest BCUT2D eigenvalue weighted by Crippen LogP contribution is -2.63. The summed E-state index contributed by atoms with van der Waals surface area (Å²) in [5.41, 5.74) is 3.78. The van der Waals surface area contributed by atoms with Crippen LogP contribution in [0.25, 0.3) is 11.3 Å². The standard InChI is InChI=1S/C26H31N5O2/c1-16(2)17-5-7-19(8-6-17)26(33,25(3)14-31(4)15-25)20-9-18(12-27-13-20)21-10-23(30-29-21)22-11-24(32)28-22/h5-10,12-13,16,22,33H,11,14-15H2,1-4H3,(H,28,32)(H,29,30)/t22-,26-/m0/s1. The number of H-pyrrole nitrogens is 1. The van der Waals surface area contributed by atoms with Gasteiger partial charge in [0.05, 0.1) is 23.9 Å². The minimum Gasteiger partial charge on any atom is -0.380 e. The van der Waals surface area contributed by atoms with Crippen LogP contribution in [0.4, 0.5) is 0 Å². The summed E-state index contributed by atoms with van der Waals surface area (Å²) in [5.74, 6) is 0.476. The number of benzene rings is 1. The molecule has 1 aromatic carbocycles. The Morgan fingerprint density at radius 2 is 1.85 bits per heavy atom. The molecule has 1 amide bonds. The average Bonchev–Trinajstić information content (AvgIpc) is 3.25. The van der Waals surface area contributed by atoms with E-state index in [1.165, 1.54) is 5.56 Å². The number of hydrogen-bond donors (Lipinski definition) is 3. The molecule has 33 heavy (non-hydrogen) atoms. The van der Waals surface area contributed by atoms with Crippen LogP contribution in [0.5, 0.6) is 0 Å². The Balaban J connectivity index is 1.54. The normalized spacial score (nSPS) is 21.8. The number of rotatable bonds is 6. The van der Waals surface area contributed by atoms with E-state index in [1.807, 2.05) is 12.1 Å². The first kappa shape index (κ1) is 21.8. The molecule has 5 rings (SSSR count). The Hall–Kier alpha value is -3.03. The number of aromatic amines is 1. The Labute approximate surface area is 194 Å². The van der Waals surface area contributed by atoms with Crippen molar-refractivity contribution >= 4 is 5.91 Å². The molecule has 0 spiro atoms. The second-order valence-corrected chi connectivity index (χ2v) is 10.2. The monoisotopic (exact) mass is 445 g/mol. The second-order valence-electron chi connectivity index (χ2n) is 10.2. The predicted molar refractivity (Wildman–Crippen MR) is 126 cm³/mol. The van der Waals surface area contributed by atoms with Crippen LogP contribution in [0, 0.1) is 5.41 Å². The molecule has 3 aromatic rings. The SMILES string of the molecule is CC(C)c1ccc([C@](O)(c2cncc(-c3cc([C@@H]4CC(=O)N4)[nH]n3)c2)C2(C)CN(C)C2)cc1. The molecule has 0 saturated carbocycles. The van der Waals surface area contributed by atoms with Crippen LogP contribution in [0.15, 0.2) is 48.8 Å². The average molecular weight is 446 g/mol. The largest absolute Gasteiger partial charge is 0.380 e. The number of carbonyl (C=O) groups is 1. The van der Waals surface area contributed by atoms with Crippen LogP contribution in [-0.4, -0.2) is 51.2 Å². The number of β-lactam (4-membered cyclic amide) rings is 1. The van der Waals surface area contributed by atoms with Crippen LogP contribution < -0.4 is 5.32 Å². The van der Waals surface area contributed by atoms with Crippen molar-refractivity contribution in [2.75, 3.05) is 20.1 Å². The number of aliphatic hydroxyl groups is 1. The van der Waals surface area contributed by atoms with Gasteiger partial charge in [-0.1, -0.05) is 45.0 Å². The number of hydrogen-bond acceptors (Lipinski definition) is 5. The van der Waals surface area contributed by atoms with E-state index in [-0.39, 0.29) is 17.4 Å². The van der Waals surface area contributed by atoms with Gasteiger partial charge in [0.1, 0.15) is 5.60 Å². The highest BCUT2D eigenvalue weighted by Crippen LogP contribution is 2.50. The van der Waals surface area contributed by atoms with Gasteiger partial charge >= 0.3 is 0 Å². The molecule has 0 aliphatic carbocycles. The van der Waals surface area contributed by atoms with Crippen molar-refractivity contribution < 1.29 is 9.90 Å². The Kier molecular flexibility index (Phi) is 5.14. The van der Waals surface area contributed by atoms with Gasteiger partial charge in [0, 0.05) is 42.0 Å². The van der Waals surface area contributed by atoms with Crippen molar-refractivity contribution in [2.45, 2.75) is 44.8 Å². The van der Waals surface area contributed by atoms with Crippen LogP contribution in [0.3, 0.4) is 0 Å². The molecule has 2 saturated heterocycles. The highest BCUT2D eigenvalue weighted by Gasteiger charge is 2.55. The molecule has 0 bridgehead atoms. The fourth-order valence-corrected chi connectivity index (χ4v) is 5.33. The quantitative estimate of drug-likeness (QED) is 0.506. The zero-order valence-corrected chi connectivity index (χ0v) is 19.6. The Morgan fingerprint density at radius 1 is 1.15 bits per heavy atom. The number of aromatic nitrogens is 3. The fraction of sp³-hybridized carbons (Fsp3) is 0.423. The molecule has 7 heteroatoms. The summed E-state index contributed by atoms with van der Waals surface area (Å²) < 4.78 is 0. The van der Waals surface area contributed by atoms with Crippen molar-refractivity contribution in [3.63, 3.8) is 0 Å². The second kappa shape index (κ2) is 7.78. The summed E-state index contributed by atoms with van der Waals surface area (Å²) in [5, 5.41) is 22.7. The van der Waals surface area contributed by atoms with Crippen molar-refractivity contribution in [3.05, 3.63) is 71.2 Å². The predicted octanol–water partition coefficient (Wildman–Crippen LogP) is 3.34. The van der Waals surface area contributed by atoms with E-state index in [1.54, 1.807) is 12.4 Å². The Morgan fingerprint density at radius 3 is 2.45 bits per heavy atom. The van der Waals surface area contributed by atoms with Crippen LogP contribution in [-0.2, 0) is 10.4 Å². The molecule has 0 radical (unpaired) electrons. The first-order valence-electron chi connectivity index (χ1n) is 11.5. The van der Waals surface area contributed by atoms with Gasteiger partial charge in [0.25, 0.3) is 0 Å². The maximum Gasteiger partial charge on any atom is 0.223 e. The van der Waals surface area contributed by atoms with Crippen LogP contribution in [0.1, 0.15) is 61.5 Å². The maximum atomic E-state index is 12.4. The molecule has 2 atom stereocenters. The number of amides is 1. The third-order valence-electron chi connectivity index (χ3n) is 7.26. The minimum absolute atomic E-state index is 0.0179. The van der Waals surface area contributed by atoms with Gasteiger partial charge in [-0.2, -0.15) is 5.10 Å². The lowest BCUT2D eigenvalue weighted by molar-refractivity contribution is -0.128. The summed E-state index contributed by atoms with van der Waals surface area (Å²) in [6, 6.07) is 12.2. The van der Waals surface area contributed by atoms with Crippen molar-refractivity contribution in [1.29, 1.82) is 0 Å². The number of nitrogens with zero attached hydrogens (tertiary/aromatic N) is 3. The van der Waals surface area contributed by atoms with E-state index < -0.39 is 5.60 Å². The molecular weight excluding hydrogens is 414 g/mol. The van der Waals surface area contributed by atoms with E-state index in [4.69, 9.17) is 0 Å². The highest BCUT2D eigenvalue weighted by molar-refractivity contribution is 5.83. The van der Waals surface area contributed by atoms with E-state index in [2.05, 4.69) is 77.5 Å². The molecule has 0 unspecified atom stereocenters. The van der Waals surface area contributed by atoms with Gasteiger partial charge in [-0.3, -0.25) is 14.9 Å². The van der Waals surface area contributed by atoms with E-state index in [9.17, 15) is 9.90 Å². The van der Waals surface area contributed by atoms with Gasteiger partial charge in [0.15, 0.2) is 0 Å². The summed E-state index contributed by atoms with van der Waals surface area (Å²) in [6.45, 7) is 8.05. The fourth-order valence-electron chi connectivity index (χ4n) is 5.33. The maximum absolute atomic E-state index is 12.4. The van der Waals surface area contributed by atoms with Gasteiger partial charge in [-0.15, -0.1) is 0 Å². The van der Waals surface area contributed by atoms with Gasteiger partial charge < -0.3 is 15.3 Å². The molecule has 2 aliphatic rings. The zero-order chi connectivity index (χ0) is 23.4. The molecule has 2 aliphatic heterocycles. The molecule has 4 heterocycles. The number of likely N-dealkylation sites (tertiary alicyclic amines) is 1. The van der Waals surface area contributed by atoms with E-state index in [0.29, 0.717) is 12.3 Å². The third-order valence-corrected chi connectivity index (χ3v) is 7.26. The number of pyridine rings is 1. The smallest absolute Gasteiger partial charge is 0.223 e. The summed E-state index contributed by atoms with van der Waals surface area (Å²) in [7, 11) is 2.07.